The first-order chi connectivity index (χ1) is 29.0. The number of fused-ring (bicyclic) bond motifs is 1. The standard InChI is InChI=1S/C44H50N6O11S/c1-9-27-24-44(27,40(53)48-62(57,58)31-17-13-16-28(20-31)50(55)56)47-38(51)35-22-30(25-49(35)39(52)37(42(2,3)4)46-41(54)61-43(5,6)7)60-36-23-33(26-14-11-10-12-15-26)45-34-21-29(59-8)18-19-32(34)36/h9-21,23,27,30,35,37H,1,22,24-25H2,2-8H3,(H,46,54)(H,47,51)(H,48,53)/t27?,30-,35+,37-,44-/m1/s1. The molecule has 4 amide bonds. The summed E-state index contributed by atoms with van der Waals surface area (Å²) in [5.74, 6) is -2.27. The number of nitrogens with one attached hydrogen (secondary N) is 3. The number of methoxy groups -OCH3 is 1. The van der Waals surface area contributed by atoms with Gasteiger partial charge >= 0.3 is 6.09 Å². The number of nitrogens with zero attached hydrogens (tertiary/aromatic N) is 3. The SMILES string of the molecule is C=CC1C[C@]1(NC(=O)[C@@H]1C[C@@H](Oc2cc(-c3ccccc3)nc3cc(OC)ccc23)CN1C(=O)[C@@H](NC(=O)OC(C)(C)C)C(C)(C)C)C(=O)NS(=O)(=O)c1cccc([N+](=O)[O-])c1. The second-order valence-electron chi connectivity index (χ2n) is 17.4. The molecule has 2 heterocycles. The van der Waals surface area contributed by atoms with Crippen LogP contribution in [0, 0.1) is 21.4 Å². The molecule has 1 saturated carbocycles. The smallest absolute Gasteiger partial charge is 0.408 e. The molecule has 1 saturated heterocycles. The molecular weight excluding hydrogens is 821 g/mol. The van der Waals surface area contributed by atoms with Crippen molar-refractivity contribution in [2.75, 3.05) is 13.7 Å². The van der Waals surface area contributed by atoms with E-state index in [1.54, 1.807) is 72.9 Å². The molecule has 328 valence electrons. The van der Waals surface area contributed by atoms with Gasteiger partial charge in [-0.2, -0.15) is 0 Å². The minimum absolute atomic E-state index is 0.0291. The van der Waals surface area contributed by atoms with Gasteiger partial charge in [0.1, 0.15) is 40.8 Å². The Kier molecular flexibility index (Phi) is 12.4. The van der Waals surface area contributed by atoms with Gasteiger partial charge in [0, 0.05) is 47.6 Å². The number of hydrogen-bond acceptors (Lipinski definition) is 12. The van der Waals surface area contributed by atoms with Crippen molar-refractivity contribution in [1.82, 2.24) is 25.2 Å². The minimum Gasteiger partial charge on any atom is -0.497 e. The number of ether oxygens (including phenoxy) is 3. The molecule has 62 heavy (non-hydrogen) atoms. The van der Waals surface area contributed by atoms with Crippen molar-refractivity contribution < 1.29 is 46.7 Å². The van der Waals surface area contributed by atoms with E-state index in [0.29, 0.717) is 28.1 Å². The number of aromatic nitrogens is 1. The van der Waals surface area contributed by atoms with Gasteiger partial charge in [-0.05, 0) is 50.8 Å². The fourth-order valence-corrected chi connectivity index (χ4v) is 8.40. The third-order valence-electron chi connectivity index (χ3n) is 10.6. The summed E-state index contributed by atoms with van der Waals surface area (Å²) in [6.07, 6.45) is -0.375. The Balaban J connectivity index is 1.35. The van der Waals surface area contributed by atoms with E-state index in [1.807, 2.05) is 35.1 Å². The van der Waals surface area contributed by atoms with E-state index in [4.69, 9.17) is 19.2 Å². The lowest BCUT2D eigenvalue weighted by molar-refractivity contribution is -0.385. The van der Waals surface area contributed by atoms with Gasteiger partial charge in [0.15, 0.2) is 0 Å². The van der Waals surface area contributed by atoms with Gasteiger partial charge in [0.05, 0.1) is 34.7 Å². The number of sulfonamides is 1. The van der Waals surface area contributed by atoms with Crippen molar-refractivity contribution in [3.63, 3.8) is 0 Å². The summed E-state index contributed by atoms with van der Waals surface area (Å²) in [5, 5.41) is 17.4. The van der Waals surface area contributed by atoms with Crippen LogP contribution in [-0.2, 0) is 29.1 Å². The number of rotatable bonds is 13. The van der Waals surface area contributed by atoms with Crippen LogP contribution in [0.25, 0.3) is 22.2 Å². The number of hydrogen-bond donors (Lipinski definition) is 3. The Morgan fingerprint density at radius 2 is 1.71 bits per heavy atom. The van der Waals surface area contributed by atoms with E-state index >= 15 is 0 Å². The summed E-state index contributed by atoms with van der Waals surface area (Å²) in [6, 6.07) is 18.2. The predicted octanol–water partition coefficient (Wildman–Crippen LogP) is 5.67. The Bertz CT molecular complexity index is 2540. The molecule has 1 unspecified atom stereocenters. The maximum atomic E-state index is 14.8. The van der Waals surface area contributed by atoms with Crippen molar-refractivity contribution in [1.29, 1.82) is 0 Å². The van der Waals surface area contributed by atoms with Crippen LogP contribution in [-0.4, -0.2) is 90.0 Å². The number of likely N-dealkylation sites (tertiary alicyclic amines) is 1. The van der Waals surface area contributed by atoms with E-state index in [9.17, 15) is 37.7 Å². The molecule has 17 nitrogen and oxygen atoms in total. The zero-order valence-electron chi connectivity index (χ0n) is 35.5. The van der Waals surface area contributed by atoms with Crippen LogP contribution in [0.4, 0.5) is 10.5 Å². The zero-order chi connectivity index (χ0) is 45.4. The van der Waals surface area contributed by atoms with Gasteiger partial charge in [-0.15, -0.1) is 6.58 Å². The van der Waals surface area contributed by atoms with Crippen molar-refractivity contribution >= 4 is 50.4 Å². The highest BCUT2D eigenvalue weighted by molar-refractivity contribution is 7.90. The highest BCUT2D eigenvalue weighted by Gasteiger charge is 2.61. The quantitative estimate of drug-likeness (QED) is 0.0839. The molecule has 0 spiro atoms. The van der Waals surface area contributed by atoms with Gasteiger partial charge in [0.25, 0.3) is 21.6 Å². The summed E-state index contributed by atoms with van der Waals surface area (Å²) < 4.78 is 46.3. The van der Waals surface area contributed by atoms with Crippen molar-refractivity contribution in [2.24, 2.45) is 11.3 Å². The van der Waals surface area contributed by atoms with E-state index in [0.717, 1.165) is 23.8 Å². The molecule has 1 aliphatic heterocycles. The lowest BCUT2D eigenvalue weighted by Crippen LogP contribution is -2.60. The lowest BCUT2D eigenvalue weighted by atomic mass is 9.85. The van der Waals surface area contributed by atoms with E-state index in [-0.39, 0.29) is 19.4 Å². The van der Waals surface area contributed by atoms with Gasteiger partial charge in [0.2, 0.25) is 11.8 Å². The number of carbonyl (C=O) groups excluding carboxylic acids is 4. The van der Waals surface area contributed by atoms with Gasteiger partial charge in [-0.25, -0.2) is 22.9 Å². The highest BCUT2D eigenvalue weighted by atomic mass is 32.2. The molecule has 3 aromatic carbocycles. The number of benzene rings is 3. The fourth-order valence-electron chi connectivity index (χ4n) is 7.33. The third-order valence-corrected chi connectivity index (χ3v) is 11.9. The Morgan fingerprint density at radius 3 is 2.32 bits per heavy atom. The summed E-state index contributed by atoms with van der Waals surface area (Å²) in [4.78, 5) is 72.6. The molecule has 5 atom stereocenters. The molecule has 2 fully saturated rings. The molecule has 0 radical (unpaired) electrons. The molecule has 6 rings (SSSR count). The highest BCUT2D eigenvalue weighted by Crippen LogP contribution is 2.45. The normalized spacial score (nSPS) is 20.4. The number of alkyl carbamates (subject to hydrolysis) is 1. The van der Waals surface area contributed by atoms with Crippen molar-refractivity contribution in [3.8, 4) is 22.8 Å². The Morgan fingerprint density at radius 1 is 1.00 bits per heavy atom. The second kappa shape index (κ2) is 17.1. The predicted molar refractivity (Wildman–Crippen MR) is 228 cm³/mol. The first kappa shape index (κ1) is 45.0. The number of pyridine rings is 1. The number of nitro groups is 1. The molecule has 3 N–H and O–H groups in total. The summed E-state index contributed by atoms with van der Waals surface area (Å²) >= 11 is 0. The van der Waals surface area contributed by atoms with Gasteiger partial charge in [-0.1, -0.05) is 63.2 Å². The molecule has 18 heteroatoms. The first-order valence-corrected chi connectivity index (χ1v) is 21.3. The van der Waals surface area contributed by atoms with Crippen LogP contribution in [0.5, 0.6) is 11.5 Å². The molecular formula is C44H50N6O11S. The zero-order valence-corrected chi connectivity index (χ0v) is 36.3. The summed E-state index contributed by atoms with van der Waals surface area (Å²) in [5.41, 5.74) is -2.13. The van der Waals surface area contributed by atoms with Crippen LogP contribution < -0.4 is 24.8 Å². The summed E-state index contributed by atoms with van der Waals surface area (Å²) in [6.45, 7) is 13.9. The van der Waals surface area contributed by atoms with E-state index < -0.39 is 90.0 Å². The molecule has 4 aromatic rings. The molecule has 1 aliphatic carbocycles. The maximum absolute atomic E-state index is 14.8. The second-order valence-corrected chi connectivity index (χ2v) is 19.1. The van der Waals surface area contributed by atoms with Crippen LogP contribution in [0.2, 0.25) is 0 Å². The molecule has 1 aromatic heterocycles. The van der Waals surface area contributed by atoms with Crippen LogP contribution >= 0.6 is 0 Å². The van der Waals surface area contributed by atoms with Crippen LogP contribution in [0.1, 0.15) is 54.4 Å². The van der Waals surface area contributed by atoms with Crippen LogP contribution in [0.3, 0.4) is 0 Å². The van der Waals surface area contributed by atoms with Crippen LogP contribution in [0.15, 0.2) is 96.4 Å². The Labute approximate surface area is 359 Å². The maximum Gasteiger partial charge on any atom is 0.408 e. The number of non-ortho nitro benzene ring substituents is 1. The number of amides is 4. The monoisotopic (exact) mass is 870 g/mol. The first-order valence-electron chi connectivity index (χ1n) is 19.8. The van der Waals surface area contributed by atoms with E-state index in [2.05, 4.69) is 17.2 Å². The molecule has 0 bridgehead atoms. The third kappa shape index (κ3) is 9.80. The fraction of sp³-hybridized carbons (Fsp3) is 0.386. The average Bonchev–Trinajstić information content (AvgIpc) is 3.77. The van der Waals surface area contributed by atoms with E-state index in [1.165, 1.54) is 17.0 Å². The summed E-state index contributed by atoms with van der Waals surface area (Å²) in [7, 11) is -3.11. The Hall–Kier alpha value is -6.56. The number of carbonyl (C=O) groups is 4. The topological polar surface area (TPSA) is 225 Å². The van der Waals surface area contributed by atoms with Gasteiger partial charge < -0.3 is 29.7 Å². The lowest BCUT2D eigenvalue weighted by Gasteiger charge is -2.36. The minimum atomic E-state index is -4.65. The van der Waals surface area contributed by atoms with Crippen molar-refractivity contribution in [2.45, 2.75) is 88.6 Å². The average molecular weight is 871 g/mol. The van der Waals surface area contributed by atoms with Gasteiger partial charge in [-0.3, -0.25) is 24.5 Å². The number of nitro benzene ring substituents is 1. The molecule has 2 aliphatic rings. The van der Waals surface area contributed by atoms with Crippen molar-refractivity contribution in [3.05, 3.63) is 102 Å². The largest absolute Gasteiger partial charge is 0.497 e.